The fourth-order valence-corrected chi connectivity index (χ4v) is 3.65. The molecule has 4 rings (SSSR count). The predicted molar refractivity (Wildman–Crippen MR) is 132 cm³/mol. The molecule has 3 aromatic carbocycles. The summed E-state index contributed by atoms with van der Waals surface area (Å²) in [5.41, 5.74) is 3.48. The lowest BCUT2D eigenvalue weighted by Gasteiger charge is -2.16. The van der Waals surface area contributed by atoms with E-state index in [0.29, 0.717) is 22.5 Å². The van der Waals surface area contributed by atoms with Gasteiger partial charge >= 0.3 is 6.18 Å². The summed E-state index contributed by atoms with van der Waals surface area (Å²) in [5.74, 6) is 0.818. The minimum atomic E-state index is -4.38. The van der Waals surface area contributed by atoms with Crippen molar-refractivity contribution in [3.8, 4) is 17.1 Å². The summed E-state index contributed by atoms with van der Waals surface area (Å²) < 4.78 is 39.7. The van der Waals surface area contributed by atoms with Crippen LogP contribution in [0.2, 0.25) is 0 Å². The standard InChI is InChI=1S/C25H22F3N5S/c1-16(2)21-5-3-4-6-22(21)31-24(34)30-19-11-7-17(8-12-19)23-29-15-33(32-23)20-13-9-18(10-14-20)25(26,27)28/h3-16H,1-2H3,(H2,30,31,34). The molecule has 0 aliphatic heterocycles. The highest BCUT2D eigenvalue weighted by Crippen LogP contribution is 2.30. The number of hydrogen-bond acceptors (Lipinski definition) is 3. The number of para-hydroxylation sites is 1. The van der Waals surface area contributed by atoms with Gasteiger partial charge in [0.2, 0.25) is 0 Å². The van der Waals surface area contributed by atoms with Crippen molar-refractivity contribution in [1.29, 1.82) is 0 Å². The number of benzene rings is 3. The van der Waals surface area contributed by atoms with E-state index in [1.807, 2.05) is 42.5 Å². The lowest BCUT2D eigenvalue weighted by molar-refractivity contribution is -0.137. The van der Waals surface area contributed by atoms with Crippen molar-refractivity contribution in [2.45, 2.75) is 25.9 Å². The molecule has 0 atom stereocenters. The van der Waals surface area contributed by atoms with Crippen LogP contribution in [0.1, 0.15) is 30.9 Å². The lowest BCUT2D eigenvalue weighted by atomic mass is 10.0. The van der Waals surface area contributed by atoms with Gasteiger partial charge in [0, 0.05) is 16.9 Å². The number of anilines is 2. The Morgan fingerprint density at radius 3 is 2.24 bits per heavy atom. The zero-order valence-corrected chi connectivity index (χ0v) is 19.3. The molecule has 0 spiro atoms. The van der Waals surface area contributed by atoms with E-state index < -0.39 is 11.7 Å². The number of alkyl halides is 3. The SMILES string of the molecule is CC(C)c1ccccc1NC(=S)Nc1ccc(-c2ncn(-c3ccc(C(F)(F)F)cc3)n2)cc1. The van der Waals surface area contributed by atoms with E-state index in [0.717, 1.165) is 29.1 Å². The molecule has 9 heteroatoms. The summed E-state index contributed by atoms with van der Waals surface area (Å²) >= 11 is 5.46. The molecule has 0 aliphatic rings. The van der Waals surface area contributed by atoms with Crippen LogP contribution in [0.5, 0.6) is 0 Å². The van der Waals surface area contributed by atoms with E-state index in [4.69, 9.17) is 12.2 Å². The van der Waals surface area contributed by atoms with Crippen LogP contribution in [0.15, 0.2) is 79.1 Å². The summed E-state index contributed by atoms with van der Waals surface area (Å²) in [6.45, 7) is 4.26. The van der Waals surface area contributed by atoms with E-state index in [-0.39, 0.29) is 0 Å². The van der Waals surface area contributed by atoms with Crippen LogP contribution in [-0.2, 0) is 6.18 Å². The van der Waals surface area contributed by atoms with Gasteiger partial charge in [0.15, 0.2) is 10.9 Å². The molecule has 5 nitrogen and oxygen atoms in total. The van der Waals surface area contributed by atoms with Crippen LogP contribution in [-0.4, -0.2) is 19.9 Å². The highest BCUT2D eigenvalue weighted by molar-refractivity contribution is 7.80. The molecule has 4 aromatic rings. The third kappa shape index (κ3) is 5.43. The number of hydrogen-bond donors (Lipinski definition) is 2. The minimum Gasteiger partial charge on any atom is -0.332 e. The summed E-state index contributed by atoms with van der Waals surface area (Å²) in [7, 11) is 0. The fourth-order valence-electron chi connectivity index (χ4n) is 3.42. The molecule has 34 heavy (non-hydrogen) atoms. The van der Waals surface area contributed by atoms with Gasteiger partial charge in [-0.1, -0.05) is 32.0 Å². The lowest BCUT2D eigenvalue weighted by Crippen LogP contribution is -2.20. The third-order valence-electron chi connectivity index (χ3n) is 5.18. The Morgan fingerprint density at radius 2 is 1.59 bits per heavy atom. The summed E-state index contributed by atoms with van der Waals surface area (Å²) in [4.78, 5) is 4.28. The second kappa shape index (κ2) is 9.64. The number of thiocarbonyl (C=S) groups is 1. The molecule has 0 radical (unpaired) electrons. The van der Waals surface area contributed by atoms with Gasteiger partial charge in [-0.25, -0.2) is 9.67 Å². The summed E-state index contributed by atoms with van der Waals surface area (Å²) in [6.07, 6.45) is -2.91. The van der Waals surface area contributed by atoms with Crippen LogP contribution in [0.25, 0.3) is 17.1 Å². The number of halogens is 3. The average Bonchev–Trinajstić information content (AvgIpc) is 3.29. The topological polar surface area (TPSA) is 54.8 Å². The van der Waals surface area contributed by atoms with Crippen LogP contribution in [0.4, 0.5) is 24.5 Å². The van der Waals surface area contributed by atoms with Gasteiger partial charge in [0.05, 0.1) is 11.3 Å². The first-order chi connectivity index (χ1) is 16.2. The Hall–Kier alpha value is -3.72. The Balaban J connectivity index is 1.42. The average molecular weight is 482 g/mol. The second-order valence-electron chi connectivity index (χ2n) is 7.96. The van der Waals surface area contributed by atoms with Gasteiger partial charge < -0.3 is 10.6 Å². The van der Waals surface area contributed by atoms with Crippen molar-refractivity contribution < 1.29 is 13.2 Å². The normalized spacial score (nSPS) is 11.5. The molecule has 0 bridgehead atoms. The molecule has 1 heterocycles. The Kier molecular flexibility index (Phi) is 6.65. The Bertz CT molecular complexity index is 1280. The molecule has 0 amide bonds. The maximum absolute atomic E-state index is 12.8. The van der Waals surface area contributed by atoms with Crippen molar-refractivity contribution in [3.05, 3.63) is 90.3 Å². The molecular weight excluding hydrogens is 459 g/mol. The maximum atomic E-state index is 12.8. The van der Waals surface area contributed by atoms with E-state index in [2.05, 4.69) is 40.6 Å². The predicted octanol–water partition coefficient (Wildman–Crippen LogP) is 6.89. The summed E-state index contributed by atoms with van der Waals surface area (Å²) in [6, 6.07) is 20.2. The molecule has 1 aromatic heterocycles. The van der Waals surface area contributed by atoms with Crippen LogP contribution < -0.4 is 10.6 Å². The van der Waals surface area contributed by atoms with Crippen molar-refractivity contribution in [1.82, 2.24) is 14.8 Å². The molecule has 0 saturated heterocycles. The highest BCUT2D eigenvalue weighted by atomic mass is 32.1. The Labute approximate surface area is 200 Å². The zero-order valence-electron chi connectivity index (χ0n) is 18.5. The summed E-state index contributed by atoms with van der Waals surface area (Å²) in [5, 5.41) is 11.3. The van der Waals surface area contributed by atoms with Crippen molar-refractivity contribution >= 4 is 28.7 Å². The minimum absolute atomic E-state index is 0.362. The monoisotopic (exact) mass is 481 g/mol. The van der Waals surface area contributed by atoms with Crippen molar-refractivity contribution in [2.24, 2.45) is 0 Å². The molecule has 174 valence electrons. The largest absolute Gasteiger partial charge is 0.416 e. The van der Waals surface area contributed by atoms with E-state index in [1.54, 1.807) is 0 Å². The second-order valence-corrected chi connectivity index (χ2v) is 8.36. The first-order valence-electron chi connectivity index (χ1n) is 10.6. The third-order valence-corrected chi connectivity index (χ3v) is 5.39. The maximum Gasteiger partial charge on any atom is 0.416 e. The molecule has 2 N–H and O–H groups in total. The van der Waals surface area contributed by atoms with Crippen LogP contribution in [0.3, 0.4) is 0 Å². The first-order valence-corrected chi connectivity index (χ1v) is 11.0. The zero-order chi connectivity index (χ0) is 24.3. The molecule has 0 saturated carbocycles. The fraction of sp³-hybridized carbons (Fsp3) is 0.160. The smallest absolute Gasteiger partial charge is 0.332 e. The van der Waals surface area contributed by atoms with Crippen LogP contribution >= 0.6 is 12.2 Å². The van der Waals surface area contributed by atoms with Gasteiger partial charge in [-0.3, -0.25) is 0 Å². The number of nitrogens with zero attached hydrogens (tertiary/aromatic N) is 3. The molecule has 0 unspecified atom stereocenters. The molecular formula is C25H22F3N5S. The Morgan fingerprint density at radius 1 is 0.912 bits per heavy atom. The first kappa shape index (κ1) is 23.4. The molecule has 0 aliphatic carbocycles. The number of rotatable bonds is 5. The highest BCUT2D eigenvalue weighted by Gasteiger charge is 2.30. The van der Waals surface area contributed by atoms with Crippen molar-refractivity contribution in [3.63, 3.8) is 0 Å². The van der Waals surface area contributed by atoms with Gasteiger partial charge in [-0.15, -0.1) is 5.10 Å². The van der Waals surface area contributed by atoms with E-state index in [9.17, 15) is 13.2 Å². The number of aromatic nitrogens is 3. The molecule has 0 fully saturated rings. The van der Waals surface area contributed by atoms with E-state index in [1.165, 1.54) is 28.7 Å². The quantitative estimate of drug-likeness (QED) is 0.304. The van der Waals surface area contributed by atoms with Gasteiger partial charge in [-0.05, 0) is 78.3 Å². The van der Waals surface area contributed by atoms with Gasteiger partial charge in [0.25, 0.3) is 0 Å². The van der Waals surface area contributed by atoms with Crippen LogP contribution in [0, 0.1) is 0 Å². The van der Waals surface area contributed by atoms with E-state index >= 15 is 0 Å². The van der Waals surface area contributed by atoms with Crippen molar-refractivity contribution in [2.75, 3.05) is 10.6 Å². The van der Waals surface area contributed by atoms with Gasteiger partial charge in [-0.2, -0.15) is 13.2 Å². The number of nitrogens with one attached hydrogen (secondary N) is 2. The van der Waals surface area contributed by atoms with Gasteiger partial charge in [0.1, 0.15) is 6.33 Å².